The molecule has 0 bridgehead atoms. The topological polar surface area (TPSA) is 54.9 Å². The quantitative estimate of drug-likeness (QED) is 0.852. The van der Waals surface area contributed by atoms with Gasteiger partial charge in [0.1, 0.15) is 16.9 Å². The van der Waals surface area contributed by atoms with Crippen molar-refractivity contribution in [3.63, 3.8) is 0 Å². The Hall–Kier alpha value is -2.23. The highest BCUT2D eigenvalue weighted by Gasteiger charge is 2.65. The first-order valence-corrected chi connectivity index (χ1v) is 7.32. The molecule has 2 rings (SSSR count). The molecule has 0 unspecified atom stereocenters. The standard InChI is InChI=1S/C11H8F5N3OS/c12-21(13,14,15,16)9-3-1-8(2-4-9)19-11(20)10-5-6-17-7-18-10/h1-7H,(H,19,20). The average molecular weight is 325 g/mol. The van der Waals surface area contributed by atoms with Crippen LogP contribution in [0.15, 0.2) is 47.8 Å². The molecule has 114 valence electrons. The Morgan fingerprint density at radius 3 is 2.10 bits per heavy atom. The molecular weight excluding hydrogens is 317 g/mol. The summed E-state index contributed by atoms with van der Waals surface area (Å²) in [5.74, 6) is -0.697. The number of rotatable bonds is 3. The summed E-state index contributed by atoms with van der Waals surface area (Å²) in [7, 11) is -9.70. The molecule has 0 aliphatic heterocycles. The summed E-state index contributed by atoms with van der Waals surface area (Å²) in [5.41, 5.74) is -0.0778. The number of nitrogens with zero attached hydrogens (tertiary/aromatic N) is 2. The number of carbonyl (C=O) groups excluding carboxylic acids is 1. The molecule has 0 spiro atoms. The molecule has 0 aliphatic carbocycles. The average Bonchev–Trinajstić information content (AvgIpc) is 2.37. The highest BCUT2D eigenvalue weighted by molar-refractivity contribution is 8.45. The maximum atomic E-state index is 12.5. The van der Waals surface area contributed by atoms with Crippen LogP contribution in [0.1, 0.15) is 10.5 Å². The molecule has 1 aromatic heterocycles. The summed E-state index contributed by atoms with van der Waals surface area (Å²) in [6.07, 6.45) is 2.42. The van der Waals surface area contributed by atoms with Gasteiger partial charge in [-0.25, -0.2) is 9.97 Å². The lowest BCUT2D eigenvalue weighted by atomic mass is 10.3. The van der Waals surface area contributed by atoms with Crippen molar-refractivity contribution >= 4 is 21.8 Å². The number of nitrogens with one attached hydrogen (secondary N) is 1. The van der Waals surface area contributed by atoms with Gasteiger partial charge in [-0.05, 0) is 30.3 Å². The van der Waals surface area contributed by atoms with Crippen molar-refractivity contribution in [1.29, 1.82) is 0 Å². The lowest BCUT2D eigenvalue weighted by Crippen LogP contribution is -2.14. The zero-order chi connectivity index (χ0) is 15.8. The van der Waals surface area contributed by atoms with Crippen molar-refractivity contribution in [2.24, 2.45) is 0 Å². The van der Waals surface area contributed by atoms with Crippen LogP contribution in [0.4, 0.5) is 25.1 Å². The van der Waals surface area contributed by atoms with E-state index in [1.54, 1.807) is 0 Å². The third-order valence-electron chi connectivity index (χ3n) is 2.37. The van der Waals surface area contributed by atoms with Gasteiger partial charge in [0.25, 0.3) is 5.91 Å². The molecule has 0 aliphatic rings. The van der Waals surface area contributed by atoms with Gasteiger partial charge in [0.2, 0.25) is 0 Å². The molecule has 0 saturated heterocycles. The van der Waals surface area contributed by atoms with Gasteiger partial charge in [0.15, 0.2) is 0 Å². The largest absolute Gasteiger partial charge is 0.321 e. The van der Waals surface area contributed by atoms with Crippen LogP contribution in [0.2, 0.25) is 0 Å². The number of aromatic nitrogens is 2. The number of benzene rings is 1. The maximum absolute atomic E-state index is 12.5. The Bertz CT molecular complexity index is 673. The second-order valence-electron chi connectivity index (χ2n) is 4.04. The molecule has 0 atom stereocenters. The summed E-state index contributed by atoms with van der Waals surface area (Å²) in [5, 5.41) is 2.23. The second-order valence-corrected chi connectivity index (χ2v) is 6.45. The van der Waals surface area contributed by atoms with Crippen molar-refractivity contribution in [1.82, 2.24) is 9.97 Å². The third kappa shape index (κ3) is 3.88. The number of hydrogen-bond acceptors (Lipinski definition) is 3. The van der Waals surface area contributed by atoms with Crippen molar-refractivity contribution in [2.45, 2.75) is 4.90 Å². The minimum absolute atomic E-state index is 0.0122. The smallest absolute Gasteiger partial charge is 0.310 e. The van der Waals surface area contributed by atoms with Crippen LogP contribution in [-0.4, -0.2) is 15.9 Å². The van der Waals surface area contributed by atoms with Gasteiger partial charge in [0.05, 0.1) is 0 Å². The highest BCUT2D eigenvalue weighted by atomic mass is 32.5. The van der Waals surface area contributed by atoms with Crippen LogP contribution in [0, 0.1) is 0 Å². The molecule has 1 aromatic carbocycles. The Kier molecular flexibility index (Phi) is 2.99. The first-order valence-electron chi connectivity index (χ1n) is 5.37. The van der Waals surface area contributed by atoms with Crippen LogP contribution >= 0.6 is 10.2 Å². The van der Waals surface area contributed by atoms with E-state index < -0.39 is 21.0 Å². The van der Waals surface area contributed by atoms with E-state index in [9.17, 15) is 24.2 Å². The maximum Gasteiger partial charge on any atom is 0.310 e. The summed E-state index contributed by atoms with van der Waals surface area (Å²) in [6, 6.07) is 3.21. The van der Waals surface area contributed by atoms with E-state index in [0.717, 1.165) is 18.5 Å². The Balaban J connectivity index is 2.20. The molecule has 0 saturated carbocycles. The van der Waals surface area contributed by atoms with Crippen LogP contribution in [0.3, 0.4) is 0 Å². The van der Waals surface area contributed by atoms with Gasteiger partial charge < -0.3 is 5.32 Å². The Morgan fingerprint density at radius 2 is 1.62 bits per heavy atom. The van der Waals surface area contributed by atoms with E-state index in [1.165, 1.54) is 12.3 Å². The van der Waals surface area contributed by atoms with Crippen molar-refractivity contribution < 1.29 is 24.2 Å². The van der Waals surface area contributed by atoms with Crippen LogP contribution < -0.4 is 5.32 Å². The van der Waals surface area contributed by atoms with E-state index in [1.807, 2.05) is 0 Å². The van der Waals surface area contributed by atoms with Crippen molar-refractivity contribution in [2.75, 3.05) is 5.32 Å². The first-order chi connectivity index (χ1) is 9.45. The molecule has 0 fully saturated rings. The predicted molar refractivity (Wildman–Crippen MR) is 67.8 cm³/mol. The van der Waals surface area contributed by atoms with Crippen molar-refractivity contribution in [3.8, 4) is 0 Å². The molecule has 1 amide bonds. The van der Waals surface area contributed by atoms with Gasteiger partial charge >= 0.3 is 10.2 Å². The minimum Gasteiger partial charge on any atom is -0.321 e. The monoisotopic (exact) mass is 325 g/mol. The van der Waals surface area contributed by atoms with E-state index in [4.69, 9.17) is 0 Å². The SMILES string of the molecule is O=C(Nc1ccc(S(F)(F)(F)(F)F)cc1)c1ccncn1. The fourth-order valence-corrected chi connectivity index (χ4v) is 2.07. The van der Waals surface area contributed by atoms with E-state index in [0.29, 0.717) is 0 Å². The van der Waals surface area contributed by atoms with Gasteiger partial charge in [-0.2, -0.15) is 0 Å². The molecule has 21 heavy (non-hydrogen) atoms. The number of anilines is 1. The summed E-state index contributed by atoms with van der Waals surface area (Å²) >= 11 is 0. The molecular formula is C11H8F5N3OS. The molecule has 0 radical (unpaired) electrons. The highest BCUT2D eigenvalue weighted by Crippen LogP contribution is 3.02. The molecule has 4 nitrogen and oxygen atoms in total. The minimum atomic E-state index is -9.70. The second kappa shape index (κ2) is 4.13. The number of hydrogen-bond donors (Lipinski definition) is 1. The molecule has 10 heteroatoms. The van der Waals surface area contributed by atoms with E-state index in [-0.39, 0.29) is 23.5 Å². The third-order valence-corrected chi connectivity index (χ3v) is 3.54. The van der Waals surface area contributed by atoms with Crippen LogP contribution in [0.25, 0.3) is 0 Å². The Morgan fingerprint density at radius 1 is 1.00 bits per heavy atom. The zero-order valence-electron chi connectivity index (χ0n) is 10.1. The summed E-state index contributed by atoms with van der Waals surface area (Å²) < 4.78 is 62.5. The van der Waals surface area contributed by atoms with Gasteiger partial charge in [-0.1, -0.05) is 19.4 Å². The predicted octanol–water partition coefficient (Wildman–Crippen LogP) is 4.39. The molecule has 1 N–H and O–H groups in total. The van der Waals surface area contributed by atoms with Gasteiger partial charge in [-0.3, -0.25) is 4.79 Å². The fraction of sp³-hybridized carbons (Fsp3) is 0. The van der Waals surface area contributed by atoms with Crippen LogP contribution in [0.5, 0.6) is 0 Å². The van der Waals surface area contributed by atoms with E-state index >= 15 is 0 Å². The fourth-order valence-electron chi connectivity index (χ4n) is 1.42. The lowest BCUT2D eigenvalue weighted by molar-refractivity contribution is 0.102. The number of amides is 1. The lowest BCUT2D eigenvalue weighted by Gasteiger charge is -2.40. The molecule has 1 heterocycles. The van der Waals surface area contributed by atoms with E-state index in [2.05, 4.69) is 15.3 Å². The van der Waals surface area contributed by atoms with Gasteiger partial charge in [-0.15, -0.1) is 0 Å². The van der Waals surface area contributed by atoms with Gasteiger partial charge in [0, 0.05) is 11.9 Å². The first kappa shape index (κ1) is 15.2. The number of carbonyl (C=O) groups is 1. The summed E-state index contributed by atoms with van der Waals surface area (Å²) in [6.45, 7) is 0. The van der Waals surface area contributed by atoms with Crippen LogP contribution in [-0.2, 0) is 0 Å². The zero-order valence-corrected chi connectivity index (χ0v) is 11.0. The molecule has 2 aromatic rings. The number of halogens is 5. The Labute approximate surface area is 115 Å². The summed E-state index contributed by atoms with van der Waals surface area (Å²) in [4.78, 5) is 16.9. The van der Waals surface area contributed by atoms with Crippen molar-refractivity contribution in [3.05, 3.63) is 48.5 Å². The normalized spacial score (nSPS) is 14.9.